The van der Waals surface area contributed by atoms with Crippen molar-refractivity contribution in [2.24, 2.45) is 0 Å². The molecular formula is C13H20N2O4S. The van der Waals surface area contributed by atoms with Crippen molar-refractivity contribution in [2.75, 3.05) is 39.5 Å². The van der Waals surface area contributed by atoms with Crippen LogP contribution in [0, 0.1) is 0 Å². The standard InChI is InChI=1S/C13H20N2O4S/c1-19-12-3-4-13(16)11(9-12)10-14-5-7-15(8-6-14)20(2,17)18/h3-4,9,16H,5-8,10H2,1-2H3. The molecule has 0 aliphatic carbocycles. The van der Waals surface area contributed by atoms with Crippen LogP contribution in [-0.2, 0) is 16.6 Å². The lowest BCUT2D eigenvalue weighted by Crippen LogP contribution is -2.47. The Morgan fingerprint density at radius 2 is 1.90 bits per heavy atom. The lowest BCUT2D eigenvalue weighted by Gasteiger charge is -2.33. The van der Waals surface area contributed by atoms with Crippen molar-refractivity contribution in [3.63, 3.8) is 0 Å². The van der Waals surface area contributed by atoms with E-state index in [-0.39, 0.29) is 5.75 Å². The minimum absolute atomic E-state index is 0.233. The van der Waals surface area contributed by atoms with Gasteiger partial charge in [-0.05, 0) is 18.2 Å². The number of nitrogens with zero attached hydrogens (tertiary/aromatic N) is 2. The summed E-state index contributed by atoms with van der Waals surface area (Å²) in [7, 11) is -1.52. The van der Waals surface area contributed by atoms with Gasteiger partial charge in [0.05, 0.1) is 13.4 Å². The number of ether oxygens (including phenoxy) is 1. The highest BCUT2D eigenvalue weighted by atomic mass is 32.2. The van der Waals surface area contributed by atoms with E-state index in [1.54, 1.807) is 25.3 Å². The molecule has 0 unspecified atom stereocenters. The van der Waals surface area contributed by atoms with Crippen LogP contribution in [0.5, 0.6) is 11.5 Å². The monoisotopic (exact) mass is 300 g/mol. The summed E-state index contributed by atoms with van der Waals surface area (Å²) < 4.78 is 29.5. The van der Waals surface area contributed by atoms with E-state index in [1.165, 1.54) is 10.6 Å². The van der Waals surface area contributed by atoms with Crippen LogP contribution in [0.2, 0.25) is 0 Å². The molecule has 1 aromatic rings. The van der Waals surface area contributed by atoms with Crippen molar-refractivity contribution in [1.82, 2.24) is 9.21 Å². The first-order chi connectivity index (χ1) is 9.40. The molecule has 0 aromatic heterocycles. The third-order valence-electron chi connectivity index (χ3n) is 3.48. The smallest absolute Gasteiger partial charge is 0.211 e. The number of phenols is 1. The highest BCUT2D eigenvalue weighted by Crippen LogP contribution is 2.24. The Morgan fingerprint density at radius 1 is 1.25 bits per heavy atom. The zero-order valence-electron chi connectivity index (χ0n) is 11.7. The van der Waals surface area contributed by atoms with Gasteiger partial charge in [0, 0.05) is 38.3 Å². The lowest BCUT2D eigenvalue weighted by atomic mass is 10.1. The summed E-state index contributed by atoms with van der Waals surface area (Å²) in [6.45, 7) is 2.88. The van der Waals surface area contributed by atoms with Gasteiger partial charge in [-0.1, -0.05) is 0 Å². The fourth-order valence-corrected chi connectivity index (χ4v) is 3.10. The maximum absolute atomic E-state index is 11.4. The zero-order chi connectivity index (χ0) is 14.8. The molecule has 0 amide bonds. The minimum Gasteiger partial charge on any atom is -0.508 e. The molecule has 0 saturated carbocycles. The average molecular weight is 300 g/mol. The van der Waals surface area contributed by atoms with E-state index in [2.05, 4.69) is 4.90 Å². The number of methoxy groups -OCH3 is 1. The summed E-state index contributed by atoms with van der Waals surface area (Å²) in [5, 5.41) is 9.85. The Bertz CT molecular complexity index is 566. The van der Waals surface area contributed by atoms with Crippen LogP contribution in [0.25, 0.3) is 0 Å². The summed E-state index contributed by atoms with van der Waals surface area (Å²) in [6, 6.07) is 5.12. The number of hydrogen-bond acceptors (Lipinski definition) is 5. The Balaban J connectivity index is 1.99. The third kappa shape index (κ3) is 3.62. The van der Waals surface area contributed by atoms with Crippen molar-refractivity contribution < 1.29 is 18.3 Å². The predicted molar refractivity (Wildman–Crippen MR) is 76.4 cm³/mol. The second-order valence-electron chi connectivity index (χ2n) is 4.93. The second-order valence-corrected chi connectivity index (χ2v) is 6.92. The molecule has 1 aliphatic heterocycles. The lowest BCUT2D eigenvalue weighted by molar-refractivity contribution is 0.180. The van der Waals surface area contributed by atoms with Crippen LogP contribution >= 0.6 is 0 Å². The second kappa shape index (κ2) is 5.99. The fourth-order valence-electron chi connectivity index (χ4n) is 2.28. The summed E-state index contributed by atoms with van der Waals surface area (Å²) in [5.74, 6) is 0.934. The van der Waals surface area contributed by atoms with Gasteiger partial charge >= 0.3 is 0 Å². The van der Waals surface area contributed by atoms with Crippen molar-refractivity contribution in [3.05, 3.63) is 23.8 Å². The molecule has 0 spiro atoms. The Morgan fingerprint density at radius 3 is 2.45 bits per heavy atom. The van der Waals surface area contributed by atoms with Crippen molar-refractivity contribution in [3.8, 4) is 11.5 Å². The molecule has 20 heavy (non-hydrogen) atoms. The molecule has 112 valence electrons. The Kier molecular flexibility index (Phi) is 4.52. The van der Waals surface area contributed by atoms with Crippen molar-refractivity contribution in [1.29, 1.82) is 0 Å². The van der Waals surface area contributed by atoms with E-state index in [1.807, 2.05) is 0 Å². The van der Waals surface area contributed by atoms with Crippen molar-refractivity contribution in [2.45, 2.75) is 6.54 Å². The third-order valence-corrected chi connectivity index (χ3v) is 4.78. The quantitative estimate of drug-likeness (QED) is 0.876. The van der Waals surface area contributed by atoms with Gasteiger partial charge < -0.3 is 9.84 Å². The van der Waals surface area contributed by atoms with E-state index < -0.39 is 10.0 Å². The van der Waals surface area contributed by atoms with E-state index in [0.717, 1.165) is 5.56 Å². The molecule has 7 heteroatoms. The van der Waals surface area contributed by atoms with E-state index in [0.29, 0.717) is 38.5 Å². The molecule has 1 saturated heterocycles. The number of rotatable bonds is 4. The van der Waals surface area contributed by atoms with Gasteiger partial charge in [-0.15, -0.1) is 0 Å². The Hall–Kier alpha value is -1.31. The number of piperazine rings is 1. The maximum Gasteiger partial charge on any atom is 0.211 e. The average Bonchev–Trinajstić information content (AvgIpc) is 2.41. The predicted octanol–water partition coefficient (Wildman–Crippen LogP) is 0.478. The largest absolute Gasteiger partial charge is 0.508 e. The van der Waals surface area contributed by atoms with E-state index in [4.69, 9.17) is 4.74 Å². The van der Waals surface area contributed by atoms with E-state index in [9.17, 15) is 13.5 Å². The molecule has 2 rings (SSSR count). The molecule has 0 bridgehead atoms. The van der Waals surface area contributed by atoms with Crippen LogP contribution in [0.3, 0.4) is 0 Å². The van der Waals surface area contributed by atoms with Crippen LogP contribution in [0.15, 0.2) is 18.2 Å². The molecule has 1 aromatic carbocycles. The summed E-state index contributed by atoms with van der Waals surface area (Å²) in [4.78, 5) is 2.12. The highest BCUT2D eigenvalue weighted by molar-refractivity contribution is 7.88. The van der Waals surface area contributed by atoms with Crippen molar-refractivity contribution >= 4 is 10.0 Å². The molecule has 0 atom stereocenters. The topological polar surface area (TPSA) is 70.1 Å². The van der Waals surface area contributed by atoms with Gasteiger partial charge in [-0.2, -0.15) is 4.31 Å². The minimum atomic E-state index is -3.10. The van der Waals surface area contributed by atoms with Crippen LogP contribution in [-0.4, -0.2) is 62.3 Å². The zero-order valence-corrected chi connectivity index (χ0v) is 12.6. The molecule has 1 fully saturated rings. The SMILES string of the molecule is COc1ccc(O)c(CN2CCN(S(C)(=O)=O)CC2)c1. The first-order valence-corrected chi connectivity index (χ1v) is 8.28. The van der Waals surface area contributed by atoms with E-state index >= 15 is 0 Å². The van der Waals surface area contributed by atoms with Gasteiger partial charge in [0.1, 0.15) is 11.5 Å². The number of hydrogen-bond donors (Lipinski definition) is 1. The normalized spacial score (nSPS) is 18.1. The molecular weight excluding hydrogens is 280 g/mol. The van der Waals surface area contributed by atoms with Gasteiger partial charge in [0.15, 0.2) is 0 Å². The van der Waals surface area contributed by atoms with Crippen LogP contribution in [0.4, 0.5) is 0 Å². The summed E-state index contributed by atoms with van der Waals surface area (Å²) in [5.41, 5.74) is 0.789. The first kappa shape index (κ1) is 15.1. The first-order valence-electron chi connectivity index (χ1n) is 6.43. The fraction of sp³-hybridized carbons (Fsp3) is 0.538. The molecule has 6 nitrogen and oxygen atoms in total. The number of aromatic hydroxyl groups is 1. The molecule has 1 N–H and O–H groups in total. The number of sulfonamides is 1. The van der Waals surface area contributed by atoms with Gasteiger partial charge in [0.2, 0.25) is 10.0 Å². The molecule has 1 aliphatic rings. The van der Waals surface area contributed by atoms with Crippen LogP contribution in [0.1, 0.15) is 5.56 Å². The number of benzene rings is 1. The van der Waals surface area contributed by atoms with Crippen LogP contribution < -0.4 is 4.74 Å². The summed E-state index contributed by atoms with van der Waals surface area (Å²) >= 11 is 0. The summed E-state index contributed by atoms with van der Waals surface area (Å²) in [6.07, 6.45) is 1.23. The van der Waals surface area contributed by atoms with Gasteiger partial charge in [-0.25, -0.2) is 8.42 Å². The molecule has 0 radical (unpaired) electrons. The van der Waals surface area contributed by atoms with Gasteiger partial charge in [0.25, 0.3) is 0 Å². The molecule has 1 heterocycles. The Labute approximate surface area is 119 Å². The highest BCUT2D eigenvalue weighted by Gasteiger charge is 2.23. The maximum atomic E-state index is 11.4. The number of phenolic OH excluding ortho intramolecular Hbond substituents is 1. The van der Waals surface area contributed by atoms with Gasteiger partial charge in [-0.3, -0.25) is 4.90 Å².